The van der Waals surface area contributed by atoms with E-state index in [0.29, 0.717) is 35.8 Å². The summed E-state index contributed by atoms with van der Waals surface area (Å²) in [6, 6.07) is 0. The Hall–Kier alpha value is -3.03. The van der Waals surface area contributed by atoms with Crippen LogP contribution in [0.4, 0.5) is 4.39 Å². The fourth-order valence-corrected chi connectivity index (χ4v) is 5.63. The molecule has 38 heavy (non-hydrogen) atoms. The summed E-state index contributed by atoms with van der Waals surface area (Å²) >= 11 is 0. The maximum absolute atomic E-state index is 16.2. The summed E-state index contributed by atoms with van der Waals surface area (Å²) in [5.74, 6) is 5.88. The molecule has 0 heterocycles. The van der Waals surface area contributed by atoms with Gasteiger partial charge < -0.3 is 0 Å². The second-order valence-corrected chi connectivity index (χ2v) is 10.8. The van der Waals surface area contributed by atoms with Gasteiger partial charge in [-0.3, -0.25) is 0 Å². The monoisotopic (exact) mass is 510 g/mol. The molecule has 0 amide bonds. The van der Waals surface area contributed by atoms with Crippen LogP contribution in [0.1, 0.15) is 97.8 Å². The predicted molar refractivity (Wildman–Crippen MR) is 165 cm³/mol. The molecule has 0 atom stereocenters. The number of halogens is 1. The van der Waals surface area contributed by atoms with Gasteiger partial charge in [-0.05, 0) is 91.9 Å². The van der Waals surface area contributed by atoms with Crippen molar-refractivity contribution < 1.29 is 4.39 Å². The van der Waals surface area contributed by atoms with Crippen LogP contribution in [0.15, 0.2) is 94.5 Å². The SMILES string of the molecule is C#C/C(CC)=C(C#C)/C(F)=C(/CC1=CC=C(C(=C)CCC)CC=C1)C(=C)CC1CCC(C(=C)CCC)CC1. The zero-order valence-corrected chi connectivity index (χ0v) is 24.1. The summed E-state index contributed by atoms with van der Waals surface area (Å²) in [5, 5.41) is 0. The third-order valence-electron chi connectivity index (χ3n) is 7.97. The van der Waals surface area contributed by atoms with Gasteiger partial charge in [0.2, 0.25) is 0 Å². The van der Waals surface area contributed by atoms with Crippen LogP contribution in [0.25, 0.3) is 0 Å². The summed E-state index contributed by atoms with van der Waals surface area (Å²) in [6.45, 7) is 19.3. The lowest BCUT2D eigenvalue weighted by Crippen LogP contribution is -2.17. The highest BCUT2D eigenvalue weighted by atomic mass is 19.1. The molecular weight excluding hydrogens is 463 g/mol. The van der Waals surface area contributed by atoms with Crippen LogP contribution in [-0.4, -0.2) is 0 Å². The first-order valence-electron chi connectivity index (χ1n) is 14.4. The molecule has 1 heteroatoms. The molecule has 0 aliphatic heterocycles. The molecule has 202 valence electrons. The fourth-order valence-electron chi connectivity index (χ4n) is 5.63. The Morgan fingerprint density at radius 3 is 2.24 bits per heavy atom. The zero-order valence-electron chi connectivity index (χ0n) is 24.1. The largest absolute Gasteiger partial charge is 0.205 e. The van der Waals surface area contributed by atoms with Crippen molar-refractivity contribution in [2.75, 3.05) is 0 Å². The minimum absolute atomic E-state index is 0.191. The maximum Gasteiger partial charge on any atom is 0.143 e. The van der Waals surface area contributed by atoms with Gasteiger partial charge in [-0.25, -0.2) is 4.39 Å². The van der Waals surface area contributed by atoms with E-state index >= 15 is 4.39 Å². The quantitative estimate of drug-likeness (QED) is 0.131. The predicted octanol–water partition coefficient (Wildman–Crippen LogP) is 10.9. The van der Waals surface area contributed by atoms with Gasteiger partial charge in [0.05, 0.1) is 5.57 Å². The molecule has 2 aliphatic carbocycles. The Labute approximate surface area is 233 Å². The van der Waals surface area contributed by atoms with Crippen molar-refractivity contribution >= 4 is 0 Å². The number of terminal acetylenes is 2. The molecule has 0 radical (unpaired) electrons. The van der Waals surface area contributed by atoms with Gasteiger partial charge in [0.25, 0.3) is 0 Å². The summed E-state index contributed by atoms with van der Waals surface area (Å²) in [6.07, 6.45) is 31.4. The zero-order chi connectivity index (χ0) is 28.1. The van der Waals surface area contributed by atoms with Crippen molar-refractivity contribution in [3.63, 3.8) is 0 Å². The van der Waals surface area contributed by atoms with E-state index in [1.165, 1.54) is 11.1 Å². The Kier molecular flexibility index (Phi) is 13.2. The molecule has 0 nitrogen and oxygen atoms in total. The molecule has 0 spiro atoms. The van der Waals surface area contributed by atoms with E-state index in [4.69, 9.17) is 12.8 Å². The summed E-state index contributed by atoms with van der Waals surface area (Å²) in [7, 11) is 0. The summed E-state index contributed by atoms with van der Waals surface area (Å²) in [4.78, 5) is 0. The molecule has 0 aromatic heterocycles. The van der Waals surface area contributed by atoms with E-state index < -0.39 is 5.83 Å². The van der Waals surface area contributed by atoms with Gasteiger partial charge in [0.1, 0.15) is 5.83 Å². The number of rotatable bonds is 13. The molecule has 2 rings (SSSR count). The normalized spacial score (nSPS) is 20.6. The minimum Gasteiger partial charge on any atom is -0.205 e. The Balaban J connectivity index is 2.35. The topological polar surface area (TPSA) is 0 Å². The van der Waals surface area contributed by atoms with E-state index in [1.807, 2.05) is 6.92 Å². The molecule has 0 bridgehead atoms. The van der Waals surface area contributed by atoms with Gasteiger partial charge in [-0.15, -0.1) is 12.8 Å². The highest BCUT2D eigenvalue weighted by Crippen LogP contribution is 2.40. The molecule has 0 aromatic carbocycles. The first-order chi connectivity index (χ1) is 18.3. The molecule has 0 saturated heterocycles. The van der Waals surface area contributed by atoms with Crippen LogP contribution in [0.2, 0.25) is 0 Å². The van der Waals surface area contributed by atoms with E-state index in [9.17, 15) is 0 Å². The van der Waals surface area contributed by atoms with Crippen molar-refractivity contribution in [2.24, 2.45) is 11.8 Å². The van der Waals surface area contributed by atoms with Crippen molar-refractivity contribution in [1.82, 2.24) is 0 Å². The Bertz CT molecular complexity index is 1120. The van der Waals surface area contributed by atoms with Gasteiger partial charge in [0.15, 0.2) is 0 Å². The average Bonchev–Trinajstić information content (AvgIpc) is 3.16. The summed E-state index contributed by atoms with van der Waals surface area (Å²) in [5.41, 5.74) is 6.94. The smallest absolute Gasteiger partial charge is 0.143 e. The first kappa shape index (κ1) is 31.2. The molecule has 0 N–H and O–H groups in total. The van der Waals surface area contributed by atoms with Crippen LogP contribution in [-0.2, 0) is 0 Å². The van der Waals surface area contributed by atoms with Crippen molar-refractivity contribution in [3.05, 3.63) is 94.5 Å². The van der Waals surface area contributed by atoms with Gasteiger partial charge in [-0.1, -0.05) is 101 Å². The second kappa shape index (κ2) is 16.0. The molecule has 1 saturated carbocycles. The van der Waals surface area contributed by atoms with E-state index in [0.717, 1.165) is 80.9 Å². The lowest BCUT2D eigenvalue weighted by Gasteiger charge is -2.30. The van der Waals surface area contributed by atoms with E-state index in [2.05, 4.69) is 69.7 Å². The van der Waals surface area contributed by atoms with E-state index in [-0.39, 0.29) is 5.57 Å². The third-order valence-corrected chi connectivity index (χ3v) is 7.97. The van der Waals surface area contributed by atoms with Crippen LogP contribution in [0.3, 0.4) is 0 Å². The highest BCUT2D eigenvalue weighted by Gasteiger charge is 2.25. The lowest BCUT2D eigenvalue weighted by molar-refractivity contribution is 0.296. The van der Waals surface area contributed by atoms with Crippen LogP contribution in [0.5, 0.6) is 0 Å². The summed E-state index contributed by atoms with van der Waals surface area (Å²) < 4.78 is 16.2. The molecule has 0 unspecified atom stereocenters. The van der Waals surface area contributed by atoms with Gasteiger partial charge in [0, 0.05) is 12.0 Å². The number of hydrogen-bond donors (Lipinski definition) is 0. The average molecular weight is 511 g/mol. The second-order valence-electron chi connectivity index (χ2n) is 10.8. The highest BCUT2D eigenvalue weighted by molar-refractivity contribution is 5.56. The lowest BCUT2D eigenvalue weighted by atomic mass is 9.75. The fraction of sp³-hybridized carbons (Fsp3) is 0.459. The standard InChI is InChI=1S/C37H47F/c1-9-15-27(6)33-18-14-17-30(19-22-33)26-36(37(38)35(13-5)32(11-3)12-4)29(8)25-31-20-23-34(24-21-31)28(7)16-10-2/h3,5,14,17,19,22,31,34H,6-10,12,15-16,18,20-21,23-26H2,1-2,4H3/b35-32-,37-36+. The van der Waals surface area contributed by atoms with Crippen molar-refractivity contribution in [2.45, 2.75) is 97.8 Å². The molecular formula is C37H47F. The van der Waals surface area contributed by atoms with Gasteiger partial charge in [-0.2, -0.15) is 0 Å². The number of hydrogen-bond acceptors (Lipinski definition) is 0. The van der Waals surface area contributed by atoms with Crippen LogP contribution in [0, 0.1) is 36.5 Å². The third kappa shape index (κ3) is 8.77. The van der Waals surface area contributed by atoms with Crippen LogP contribution < -0.4 is 0 Å². The molecule has 1 fully saturated rings. The maximum atomic E-state index is 16.2. The van der Waals surface area contributed by atoms with E-state index in [1.54, 1.807) is 0 Å². The molecule has 0 aromatic rings. The van der Waals surface area contributed by atoms with Crippen molar-refractivity contribution in [3.8, 4) is 24.7 Å². The van der Waals surface area contributed by atoms with Gasteiger partial charge >= 0.3 is 0 Å². The van der Waals surface area contributed by atoms with Crippen molar-refractivity contribution in [1.29, 1.82) is 0 Å². The molecule has 2 aliphatic rings. The Morgan fingerprint density at radius 1 is 0.974 bits per heavy atom. The Morgan fingerprint density at radius 2 is 1.66 bits per heavy atom. The number of allylic oxidation sites excluding steroid dienone is 13. The first-order valence-corrected chi connectivity index (χ1v) is 14.4. The minimum atomic E-state index is -0.393. The van der Waals surface area contributed by atoms with Crippen LogP contribution >= 0.6 is 0 Å².